The Morgan fingerprint density at radius 2 is 1.37 bits per heavy atom. The molecule has 4 nitrogen and oxygen atoms in total. The largest absolute Gasteiger partial charge is 0.385 e. The molecule has 0 atom stereocenters. The molecular formula is C24H16Cl2N2O2. The molecule has 0 amide bonds. The highest BCUT2D eigenvalue weighted by Gasteiger charge is 2.28. The molecule has 0 aliphatic carbocycles. The van der Waals surface area contributed by atoms with Crippen molar-refractivity contribution in [1.82, 2.24) is 4.98 Å². The monoisotopic (exact) mass is 434 g/mol. The quantitative estimate of drug-likeness (QED) is 0.376. The molecule has 3 aromatic carbocycles. The van der Waals surface area contributed by atoms with Gasteiger partial charge in [-0.1, -0.05) is 77.8 Å². The van der Waals surface area contributed by atoms with E-state index in [0.29, 0.717) is 32.3 Å². The van der Waals surface area contributed by atoms with E-state index < -0.39 is 0 Å². The van der Waals surface area contributed by atoms with E-state index in [4.69, 9.17) is 28.9 Å². The zero-order chi connectivity index (χ0) is 21.3. The van der Waals surface area contributed by atoms with Gasteiger partial charge in [0.2, 0.25) is 5.78 Å². The first kappa shape index (κ1) is 20.0. The standard InChI is InChI=1S/C24H16Cl2N2O2/c25-17-10-4-8-15(12-17)19-20(22(29)16-9-5-11-18(26)13-16)24(27)28-21(19)23(30)14-6-2-1-3-7-14/h1-13,28H,27H2. The Hall–Kier alpha value is -3.34. The van der Waals surface area contributed by atoms with Crippen LogP contribution in [0.25, 0.3) is 11.1 Å². The molecule has 0 aliphatic heterocycles. The minimum Gasteiger partial charge on any atom is -0.385 e. The lowest BCUT2D eigenvalue weighted by Gasteiger charge is -2.09. The number of carbonyl (C=O) groups is 2. The fourth-order valence-corrected chi connectivity index (χ4v) is 3.75. The second kappa shape index (κ2) is 8.19. The number of hydrogen-bond donors (Lipinski definition) is 2. The lowest BCUT2D eigenvalue weighted by atomic mass is 9.93. The van der Waals surface area contributed by atoms with Crippen molar-refractivity contribution in [2.24, 2.45) is 0 Å². The number of halogens is 2. The lowest BCUT2D eigenvalue weighted by molar-refractivity contribution is 0.103. The maximum absolute atomic E-state index is 13.4. The molecule has 0 fully saturated rings. The van der Waals surface area contributed by atoms with Gasteiger partial charge in [-0.05, 0) is 29.8 Å². The molecule has 0 unspecified atom stereocenters. The van der Waals surface area contributed by atoms with Crippen molar-refractivity contribution in [2.45, 2.75) is 0 Å². The zero-order valence-corrected chi connectivity index (χ0v) is 17.2. The molecule has 30 heavy (non-hydrogen) atoms. The van der Waals surface area contributed by atoms with Crippen molar-refractivity contribution in [1.29, 1.82) is 0 Å². The van der Waals surface area contributed by atoms with Gasteiger partial charge in [0.1, 0.15) is 5.82 Å². The van der Waals surface area contributed by atoms with Crippen LogP contribution in [0.1, 0.15) is 32.0 Å². The zero-order valence-electron chi connectivity index (χ0n) is 15.7. The fourth-order valence-electron chi connectivity index (χ4n) is 3.37. The van der Waals surface area contributed by atoms with Crippen LogP contribution in [-0.4, -0.2) is 16.6 Å². The highest BCUT2D eigenvalue weighted by atomic mass is 35.5. The van der Waals surface area contributed by atoms with E-state index in [2.05, 4.69) is 4.98 Å². The first-order valence-electron chi connectivity index (χ1n) is 9.13. The van der Waals surface area contributed by atoms with Crippen LogP contribution in [-0.2, 0) is 0 Å². The predicted octanol–water partition coefficient (Wildman–Crippen LogP) is 6.03. The number of hydrogen-bond acceptors (Lipinski definition) is 3. The van der Waals surface area contributed by atoms with E-state index in [1.54, 1.807) is 72.8 Å². The number of nitrogens with one attached hydrogen (secondary N) is 1. The molecule has 4 rings (SSSR count). The number of anilines is 1. The SMILES string of the molecule is Nc1[nH]c(C(=O)c2ccccc2)c(-c2cccc(Cl)c2)c1C(=O)c1cccc(Cl)c1. The van der Waals surface area contributed by atoms with Crippen LogP contribution in [0.15, 0.2) is 78.9 Å². The summed E-state index contributed by atoms with van der Waals surface area (Å²) in [6.45, 7) is 0. The van der Waals surface area contributed by atoms with Crippen LogP contribution in [0.3, 0.4) is 0 Å². The van der Waals surface area contributed by atoms with Crippen LogP contribution in [0, 0.1) is 0 Å². The molecule has 148 valence electrons. The second-order valence-electron chi connectivity index (χ2n) is 6.71. The molecule has 1 aromatic heterocycles. The van der Waals surface area contributed by atoms with Gasteiger partial charge in [0.25, 0.3) is 0 Å². The number of nitrogen functional groups attached to an aromatic ring is 1. The summed E-state index contributed by atoms with van der Waals surface area (Å²) in [4.78, 5) is 29.5. The van der Waals surface area contributed by atoms with Crippen molar-refractivity contribution in [2.75, 3.05) is 5.73 Å². The van der Waals surface area contributed by atoms with Gasteiger partial charge in [-0.2, -0.15) is 0 Å². The highest BCUT2D eigenvalue weighted by molar-refractivity contribution is 6.32. The topological polar surface area (TPSA) is 76.0 Å². The normalized spacial score (nSPS) is 10.7. The van der Waals surface area contributed by atoms with Gasteiger partial charge >= 0.3 is 0 Å². The molecule has 3 N–H and O–H groups in total. The summed E-state index contributed by atoms with van der Waals surface area (Å²) in [5.74, 6) is -0.509. The van der Waals surface area contributed by atoms with Gasteiger partial charge in [0.05, 0.1) is 11.3 Å². The molecule has 6 heteroatoms. The van der Waals surface area contributed by atoms with E-state index in [0.717, 1.165) is 0 Å². The van der Waals surface area contributed by atoms with Crippen molar-refractivity contribution < 1.29 is 9.59 Å². The number of aromatic nitrogens is 1. The summed E-state index contributed by atoms with van der Waals surface area (Å²) in [5.41, 5.74) is 8.52. The molecule has 4 aromatic rings. The summed E-state index contributed by atoms with van der Waals surface area (Å²) in [6, 6.07) is 22.3. The van der Waals surface area contributed by atoms with E-state index >= 15 is 0 Å². The molecule has 0 spiro atoms. The first-order valence-corrected chi connectivity index (χ1v) is 9.88. The Balaban J connectivity index is 1.95. The van der Waals surface area contributed by atoms with E-state index in [9.17, 15) is 9.59 Å². The van der Waals surface area contributed by atoms with E-state index in [-0.39, 0.29) is 28.6 Å². The lowest BCUT2D eigenvalue weighted by Crippen LogP contribution is -2.06. The predicted molar refractivity (Wildman–Crippen MR) is 120 cm³/mol. The third-order valence-electron chi connectivity index (χ3n) is 4.72. The molecule has 1 heterocycles. The minimum atomic E-state index is -0.340. The number of carbonyl (C=O) groups excluding carboxylic acids is 2. The number of aromatic amines is 1. The third-order valence-corrected chi connectivity index (χ3v) is 5.19. The summed E-state index contributed by atoms with van der Waals surface area (Å²) in [7, 11) is 0. The maximum atomic E-state index is 13.4. The Morgan fingerprint density at radius 3 is 2.03 bits per heavy atom. The molecule has 0 bridgehead atoms. The number of ketones is 2. The fraction of sp³-hybridized carbons (Fsp3) is 0. The Kier molecular flexibility index (Phi) is 5.44. The van der Waals surface area contributed by atoms with Crippen LogP contribution < -0.4 is 5.73 Å². The maximum Gasteiger partial charge on any atom is 0.209 e. The number of H-pyrrole nitrogens is 1. The Bertz CT molecular complexity index is 1260. The summed E-state index contributed by atoms with van der Waals surface area (Å²) in [6.07, 6.45) is 0. The molecule has 0 aliphatic rings. The van der Waals surface area contributed by atoms with Gasteiger partial charge in [-0.15, -0.1) is 0 Å². The van der Waals surface area contributed by atoms with Gasteiger partial charge in [0, 0.05) is 26.7 Å². The first-order chi connectivity index (χ1) is 14.5. The van der Waals surface area contributed by atoms with Gasteiger partial charge in [0.15, 0.2) is 5.78 Å². The Labute approximate surface area is 183 Å². The number of benzene rings is 3. The Morgan fingerprint density at radius 1 is 0.733 bits per heavy atom. The molecule has 0 saturated heterocycles. The summed E-state index contributed by atoms with van der Waals surface area (Å²) < 4.78 is 0. The van der Waals surface area contributed by atoms with Gasteiger partial charge < -0.3 is 10.7 Å². The van der Waals surface area contributed by atoms with Crippen molar-refractivity contribution >= 4 is 40.6 Å². The van der Waals surface area contributed by atoms with Crippen LogP contribution in [0.4, 0.5) is 5.82 Å². The third kappa shape index (κ3) is 3.75. The van der Waals surface area contributed by atoms with E-state index in [1.807, 2.05) is 6.07 Å². The molecule has 0 radical (unpaired) electrons. The van der Waals surface area contributed by atoms with Gasteiger partial charge in [-0.3, -0.25) is 9.59 Å². The minimum absolute atomic E-state index is 0.106. The van der Waals surface area contributed by atoms with Crippen LogP contribution in [0.2, 0.25) is 10.0 Å². The van der Waals surface area contributed by atoms with Crippen molar-refractivity contribution in [3.05, 3.63) is 111 Å². The molecular weight excluding hydrogens is 419 g/mol. The number of nitrogens with two attached hydrogens (primary N) is 1. The van der Waals surface area contributed by atoms with Crippen LogP contribution in [0.5, 0.6) is 0 Å². The summed E-state index contributed by atoms with van der Waals surface area (Å²) in [5, 5.41) is 0.909. The summed E-state index contributed by atoms with van der Waals surface area (Å²) >= 11 is 12.3. The molecule has 0 saturated carbocycles. The second-order valence-corrected chi connectivity index (χ2v) is 7.58. The van der Waals surface area contributed by atoms with Crippen LogP contribution >= 0.6 is 23.2 Å². The highest BCUT2D eigenvalue weighted by Crippen LogP contribution is 2.36. The smallest absolute Gasteiger partial charge is 0.209 e. The van der Waals surface area contributed by atoms with Gasteiger partial charge in [-0.25, -0.2) is 0 Å². The average Bonchev–Trinajstić information content (AvgIpc) is 3.10. The number of rotatable bonds is 5. The van der Waals surface area contributed by atoms with Crippen molar-refractivity contribution in [3.8, 4) is 11.1 Å². The van der Waals surface area contributed by atoms with E-state index in [1.165, 1.54) is 0 Å². The average molecular weight is 435 g/mol. The van der Waals surface area contributed by atoms with Crippen molar-refractivity contribution in [3.63, 3.8) is 0 Å².